The van der Waals surface area contributed by atoms with Crippen molar-refractivity contribution >= 4 is 29.7 Å². The van der Waals surface area contributed by atoms with Crippen LogP contribution in [-0.2, 0) is 23.9 Å². The SMILES string of the molecule is CCOC(=O)C1CCN(C(=O)COC(=O)[C@@H](C)N2C(=O)c3ccccc3C2=O)CC1. The molecule has 9 nitrogen and oxygen atoms in total. The fourth-order valence-electron chi connectivity index (χ4n) is 3.63. The molecule has 160 valence electrons. The van der Waals surface area contributed by atoms with Gasteiger partial charge in [0.25, 0.3) is 17.7 Å². The number of hydrogen-bond donors (Lipinski definition) is 0. The number of rotatable bonds is 6. The molecular weight excluding hydrogens is 392 g/mol. The second-order valence-electron chi connectivity index (χ2n) is 7.22. The molecule has 0 N–H and O–H groups in total. The van der Waals surface area contributed by atoms with Crippen LogP contribution in [0.25, 0.3) is 0 Å². The number of piperidine rings is 1. The van der Waals surface area contributed by atoms with Crippen molar-refractivity contribution < 1.29 is 33.4 Å². The Hall–Kier alpha value is -3.23. The fourth-order valence-corrected chi connectivity index (χ4v) is 3.63. The van der Waals surface area contributed by atoms with E-state index in [-0.39, 0.29) is 28.9 Å². The molecule has 0 unspecified atom stereocenters. The topological polar surface area (TPSA) is 110 Å². The van der Waals surface area contributed by atoms with E-state index in [0.717, 1.165) is 4.90 Å². The minimum Gasteiger partial charge on any atom is -0.466 e. The molecule has 2 heterocycles. The summed E-state index contributed by atoms with van der Waals surface area (Å²) >= 11 is 0. The lowest BCUT2D eigenvalue weighted by Crippen LogP contribution is -2.46. The average Bonchev–Trinajstić information content (AvgIpc) is 3.02. The van der Waals surface area contributed by atoms with Gasteiger partial charge in [-0.05, 0) is 38.8 Å². The first-order valence-corrected chi connectivity index (χ1v) is 9.93. The zero-order valence-corrected chi connectivity index (χ0v) is 17.0. The molecule has 0 aromatic heterocycles. The van der Waals surface area contributed by atoms with Gasteiger partial charge in [-0.25, -0.2) is 4.79 Å². The maximum atomic E-state index is 12.5. The number of imide groups is 1. The number of carbonyl (C=O) groups is 5. The molecule has 3 amide bonds. The second-order valence-corrected chi connectivity index (χ2v) is 7.22. The Bertz CT molecular complexity index is 839. The third-order valence-electron chi connectivity index (χ3n) is 5.36. The van der Waals surface area contributed by atoms with Crippen molar-refractivity contribution in [2.75, 3.05) is 26.3 Å². The lowest BCUT2D eigenvalue weighted by Gasteiger charge is -2.31. The quantitative estimate of drug-likeness (QED) is 0.503. The van der Waals surface area contributed by atoms with Crippen LogP contribution >= 0.6 is 0 Å². The lowest BCUT2D eigenvalue weighted by atomic mass is 9.97. The number of likely N-dealkylation sites (tertiary alicyclic amines) is 1. The van der Waals surface area contributed by atoms with Gasteiger partial charge in [0.2, 0.25) is 0 Å². The summed E-state index contributed by atoms with van der Waals surface area (Å²) in [7, 11) is 0. The molecule has 1 aromatic carbocycles. The van der Waals surface area contributed by atoms with Gasteiger partial charge < -0.3 is 14.4 Å². The van der Waals surface area contributed by atoms with E-state index in [0.29, 0.717) is 32.5 Å². The predicted molar refractivity (Wildman–Crippen MR) is 103 cm³/mol. The Morgan fingerprint density at radius 3 is 2.13 bits per heavy atom. The molecule has 1 fully saturated rings. The number of fused-ring (bicyclic) bond motifs is 1. The molecule has 9 heteroatoms. The monoisotopic (exact) mass is 416 g/mol. The summed E-state index contributed by atoms with van der Waals surface area (Å²) in [5.41, 5.74) is 0.477. The number of ether oxygens (including phenoxy) is 2. The van der Waals surface area contributed by atoms with Crippen molar-refractivity contribution in [1.82, 2.24) is 9.80 Å². The zero-order chi connectivity index (χ0) is 21.8. The first-order valence-electron chi connectivity index (χ1n) is 9.93. The van der Waals surface area contributed by atoms with E-state index in [9.17, 15) is 24.0 Å². The molecule has 1 atom stereocenters. The number of nitrogens with zero attached hydrogens (tertiary/aromatic N) is 2. The first kappa shape index (κ1) is 21.5. The molecule has 0 bridgehead atoms. The van der Waals surface area contributed by atoms with E-state index in [1.165, 1.54) is 24.0 Å². The Morgan fingerprint density at radius 1 is 1.03 bits per heavy atom. The van der Waals surface area contributed by atoms with Crippen LogP contribution < -0.4 is 0 Å². The van der Waals surface area contributed by atoms with Crippen molar-refractivity contribution in [3.63, 3.8) is 0 Å². The third kappa shape index (κ3) is 4.19. The van der Waals surface area contributed by atoms with E-state index in [4.69, 9.17) is 9.47 Å². The smallest absolute Gasteiger partial charge is 0.329 e. The summed E-state index contributed by atoms with van der Waals surface area (Å²) in [6.45, 7) is 3.70. The number of amides is 3. The molecule has 3 rings (SSSR count). The van der Waals surface area contributed by atoms with Crippen molar-refractivity contribution in [2.45, 2.75) is 32.7 Å². The molecule has 1 aromatic rings. The average molecular weight is 416 g/mol. The third-order valence-corrected chi connectivity index (χ3v) is 5.36. The molecule has 0 saturated carbocycles. The van der Waals surface area contributed by atoms with E-state index in [1.807, 2.05) is 0 Å². The van der Waals surface area contributed by atoms with Gasteiger partial charge in [-0.2, -0.15) is 0 Å². The fraction of sp³-hybridized carbons (Fsp3) is 0.476. The van der Waals surface area contributed by atoms with E-state index in [1.54, 1.807) is 19.1 Å². The highest BCUT2D eigenvalue weighted by atomic mass is 16.5. The lowest BCUT2D eigenvalue weighted by molar-refractivity contribution is -0.156. The summed E-state index contributed by atoms with van der Waals surface area (Å²) in [6.07, 6.45) is 0.980. The van der Waals surface area contributed by atoms with Crippen LogP contribution in [-0.4, -0.2) is 71.8 Å². The molecular formula is C21H24N2O7. The van der Waals surface area contributed by atoms with Crippen LogP contribution in [0, 0.1) is 5.92 Å². The minimum atomic E-state index is -1.15. The number of benzene rings is 1. The molecule has 0 spiro atoms. The van der Waals surface area contributed by atoms with Crippen LogP contribution in [0.1, 0.15) is 47.4 Å². The van der Waals surface area contributed by atoms with Crippen LogP contribution in [0.2, 0.25) is 0 Å². The highest BCUT2D eigenvalue weighted by Gasteiger charge is 2.41. The number of esters is 2. The summed E-state index contributed by atoms with van der Waals surface area (Å²) < 4.78 is 10.1. The normalized spacial score (nSPS) is 17.5. The largest absolute Gasteiger partial charge is 0.466 e. The van der Waals surface area contributed by atoms with Crippen LogP contribution in [0.3, 0.4) is 0 Å². The van der Waals surface area contributed by atoms with Crippen molar-refractivity contribution in [2.24, 2.45) is 5.92 Å². The van der Waals surface area contributed by atoms with Gasteiger partial charge in [0.05, 0.1) is 23.7 Å². The molecule has 0 radical (unpaired) electrons. The van der Waals surface area contributed by atoms with Crippen molar-refractivity contribution in [3.8, 4) is 0 Å². The molecule has 2 aliphatic rings. The molecule has 30 heavy (non-hydrogen) atoms. The van der Waals surface area contributed by atoms with Crippen LogP contribution in [0.15, 0.2) is 24.3 Å². The summed E-state index contributed by atoms with van der Waals surface area (Å²) in [6, 6.07) is 5.18. The highest BCUT2D eigenvalue weighted by Crippen LogP contribution is 2.25. The van der Waals surface area contributed by atoms with Crippen molar-refractivity contribution in [1.29, 1.82) is 0 Å². The predicted octanol–water partition coefficient (Wildman–Crippen LogP) is 1.02. The van der Waals surface area contributed by atoms with Crippen LogP contribution in [0.5, 0.6) is 0 Å². The maximum Gasteiger partial charge on any atom is 0.329 e. The Kier molecular flexibility index (Phi) is 6.49. The summed E-state index contributed by atoms with van der Waals surface area (Å²) in [4.78, 5) is 63.8. The molecule has 1 saturated heterocycles. The Morgan fingerprint density at radius 2 is 1.60 bits per heavy atom. The molecule has 0 aliphatic carbocycles. The number of carbonyl (C=O) groups excluding carboxylic acids is 5. The standard InChI is InChI=1S/C21H24N2O7/c1-3-29-21(28)14-8-10-22(11-9-14)17(24)12-30-20(27)13(2)23-18(25)15-6-4-5-7-16(15)19(23)26/h4-7,13-14H,3,8-12H2,1-2H3/t13-/m1/s1. The minimum absolute atomic E-state index is 0.231. The summed E-state index contributed by atoms with van der Waals surface area (Å²) in [5.74, 6) is -2.84. The van der Waals surface area contributed by atoms with E-state index < -0.39 is 30.4 Å². The summed E-state index contributed by atoms with van der Waals surface area (Å²) in [5, 5.41) is 0. The second kappa shape index (κ2) is 9.06. The Balaban J connectivity index is 1.50. The van der Waals surface area contributed by atoms with E-state index in [2.05, 4.69) is 0 Å². The maximum absolute atomic E-state index is 12.5. The van der Waals surface area contributed by atoms with Gasteiger partial charge in [-0.3, -0.25) is 24.1 Å². The van der Waals surface area contributed by atoms with Gasteiger partial charge in [0.1, 0.15) is 6.04 Å². The highest BCUT2D eigenvalue weighted by molar-refractivity contribution is 6.22. The molecule has 2 aliphatic heterocycles. The zero-order valence-electron chi connectivity index (χ0n) is 17.0. The van der Waals surface area contributed by atoms with Gasteiger partial charge >= 0.3 is 11.9 Å². The number of hydrogen-bond acceptors (Lipinski definition) is 7. The van der Waals surface area contributed by atoms with Gasteiger partial charge in [0, 0.05) is 13.1 Å². The van der Waals surface area contributed by atoms with Gasteiger partial charge in [-0.1, -0.05) is 12.1 Å². The van der Waals surface area contributed by atoms with Gasteiger partial charge in [0.15, 0.2) is 6.61 Å². The van der Waals surface area contributed by atoms with Crippen LogP contribution in [0.4, 0.5) is 0 Å². The first-order chi connectivity index (χ1) is 14.3. The van der Waals surface area contributed by atoms with Crippen molar-refractivity contribution in [3.05, 3.63) is 35.4 Å². The van der Waals surface area contributed by atoms with E-state index >= 15 is 0 Å². The Labute approximate surface area is 173 Å². The van der Waals surface area contributed by atoms with Gasteiger partial charge in [-0.15, -0.1) is 0 Å².